The van der Waals surface area contributed by atoms with Gasteiger partial charge in [0.15, 0.2) is 5.96 Å². The van der Waals surface area contributed by atoms with Crippen LogP contribution in [0.5, 0.6) is 5.75 Å². The quantitative estimate of drug-likeness (QED) is 0.225. The van der Waals surface area contributed by atoms with E-state index in [1.807, 2.05) is 19.1 Å². The number of methoxy groups -OCH3 is 1. The first kappa shape index (κ1) is 25.0. The van der Waals surface area contributed by atoms with E-state index in [4.69, 9.17) is 4.74 Å². The number of sulfone groups is 1. The number of aryl methyl sites for hydroxylation is 1. The van der Waals surface area contributed by atoms with Gasteiger partial charge < -0.3 is 15.4 Å². The van der Waals surface area contributed by atoms with Crippen molar-refractivity contribution in [1.82, 2.24) is 10.6 Å². The molecule has 0 saturated heterocycles. The fraction of sp³-hybridized carbons (Fsp3) is 0.611. The monoisotopic (exact) mass is 497 g/mol. The topological polar surface area (TPSA) is 79.8 Å². The number of benzene rings is 1. The van der Waals surface area contributed by atoms with Gasteiger partial charge in [0.05, 0.1) is 12.9 Å². The van der Waals surface area contributed by atoms with Crippen molar-refractivity contribution in [3.05, 3.63) is 29.8 Å². The molecule has 8 heteroatoms. The molecule has 1 aromatic carbocycles. The molecule has 26 heavy (non-hydrogen) atoms. The highest BCUT2D eigenvalue weighted by Crippen LogP contribution is 2.12. The Hall–Kier alpha value is -1.03. The van der Waals surface area contributed by atoms with E-state index >= 15 is 0 Å². The molecule has 0 aliphatic carbocycles. The number of hydrogen-bond donors (Lipinski definition) is 2. The number of unbranched alkanes of at least 4 members (excludes halogenated alkanes) is 1. The molecule has 0 radical (unpaired) electrons. The smallest absolute Gasteiger partial charge is 0.191 e. The highest BCUT2D eigenvalue weighted by atomic mass is 127. The Morgan fingerprint density at radius 2 is 1.88 bits per heavy atom. The van der Waals surface area contributed by atoms with E-state index in [9.17, 15) is 8.42 Å². The molecular formula is C18H32IN3O3S. The lowest BCUT2D eigenvalue weighted by Crippen LogP contribution is -2.43. The van der Waals surface area contributed by atoms with Gasteiger partial charge in [-0.05, 0) is 50.3 Å². The lowest BCUT2D eigenvalue weighted by Gasteiger charge is -2.17. The van der Waals surface area contributed by atoms with Crippen molar-refractivity contribution < 1.29 is 13.2 Å². The highest BCUT2D eigenvalue weighted by Gasteiger charge is 2.09. The average molecular weight is 497 g/mol. The first-order valence-electron chi connectivity index (χ1n) is 8.62. The summed E-state index contributed by atoms with van der Waals surface area (Å²) in [4.78, 5) is 4.18. The molecule has 0 aromatic heterocycles. The summed E-state index contributed by atoms with van der Waals surface area (Å²) in [6, 6.07) is 8.21. The van der Waals surface area contributed by atoms with E-state index in [-0.39, 0.29) is 35.8 Å². The van der Waals surface area contributed by atoms with Crippen LogP contribution >= 0.6 is 24.0 Å². The number of halogens is 1. The van der Waals surface area contributed by atoms with E-state index in [1.54, 1.807) is 14.2 Å². The van der Waals surface area contributed by atoms with Gasteiger partial charge in [0, 0.05) is 25.9 Å². The van der Waals surface area contributed by atoms with Gasteiger partial charge in [-0.2, -0.15) is 0 Å². The fourth-order valence-corrected chi connectivity index (χ4v) is 3.13. The number of hydrogen-bond acceptors (Lipinski definition) is 4. The Labute approximate surface area is 175 Å². The van der Waals surface area contributed by atoms with E-state index < -0.39 is 9.84 Å². The van der Waals surface area contributed by atoms with Gasteiger partial charge in [0.1, 0.15) is 15.6 Å². The van der Waals surface area contributed by atoms with Crippen LogP contribution in [0.4, 0.5) is 0 Å². The average Bonchev–Trinajstić information content (AvgIpc) is 2.58. The van der Waals surface area contributed by atoms with Crippen LogP contribution in [0, 0.1) is 0 Å². The number of ether oxygens (including phenoxy) is 1. The SMILES string of the molecule is CN=C(NCCCCc1ccc(OC)cc1)NC(C)CCS(C)(=O)=O.I. The summed E-state index contributed by atoms with van der Waals surface area (Å²) in [7, 11) is 0.463. The van der Waals surface area contributed by atoms with E-state index in [1.165, 1.54) is 11.8 Å². The van der Waals surface area contributed by atoms with Crippen LogP contribution in [0.15, 0.2) is 29.3 Å². The van der Waals surface area contributed by atoms with Crippen LogP contribution in [0.2, 0.25) is 0 Å². The molecule has 0 fully saturated rings. The second-order valence-corrected chi connectivity index (χ2v) is 8.53. The van der Waals surface area contributed by atoms with Crippen LogP contribution in [0.25, 0.3) is 0 Å². The van der Waals surface area contributed by atoms with Crippen LogP contribution in [-0.4, -0.2) is 53.1 Å². The predicted molar refractivity (Wildman–Crippen MR) is 120 cm³/mol. The maximum atomic E-state index is 11.2. The number of rotatable bonds is 10. The molecule has 150 valence electrons. The van der Waals surface area contributed by atoms with Crippen molar-refractivity contribution in [2.24, 2.45) is 4.99 Å². The van der Waals surface area contributed by atoms with Crippen LogP contribution in [-0.2, 0) is 16.3 Å². The minimum absolute atomic E-state index is 0. The highest BCUT2D eigenvalue weighted by molar-refractivity contribution is 14.0. The second-order valence-electron chi connectivity index (χ2n) is 6.27. The Bertz CT molecular complexity index is 634. The molecule has 0 bridgehead atoms. The zero-order valence-electron chi connectivity index (χ0n) is 16.1. The first-order chi connectivity index (χ1) is 11.8. The van der Waals surface area contributed by atoms with Gasteiger partial charge >= 0.3 is 0 Å². The maximum Gasteiger partial charge on any atom is 0.191 e. The van der Waals surface area contributed by atoms with Crippen molar-refractivity contribution in [1.29, 1.82) is 0 Å². The van der Waals surface area contributed by atoms with Crippen molar-refractivity contribution in [2.75, 3.05) is 32.7 Å². The van der Waals surface area contributed by atoms with Crippen molar-refractivity contribution in [3.8, 4) is 5.75 Å². The third kappa shape index (κ3) is 11.6. The Morgan fingerprint density at radius 3 is 2.42 bits per heavy atom. The standard InChI is InChI=1S/C18H31N3O3S.HI/c1-15(12-14-25(4,22)23)21-18(19-2)20-13-6-5-7-16-8-10-17(24-3)11-9-16;/h8-11,15H,5-7,12-14H2,1-4H3,(H2,19,20,21);1H. The number of aliphatic imine (C=N–C) groups is 1. The molecule has 1 atom stereocenters. The van der Waals surface area contributed by atoms with Gasteiger partial charge in [-0.25, -0.2) is 8.42 Å². The van der Waals surface area contributed by atoms with Crippen molar-refractivity contribution in [3.63, 3.8) is 0 Å². The summed E-state index contributed by atoms with van der Waals surface area (Å²) >= 11 is 0. The number of guanidine groups is 1. The lowest BCUT2D eigenvalue weighted by atomic mass is 10.1. The van der Waals surface area contributed by atoms with Crippen molar-refractivity contribution in [2.45, 2.75) is 38.6 Å². The maximum absolute atomic E-state index is 11.2. The van der Waals surface area contributed by atoms with E-state index in [0.29, 0.717) is 12.4 Å². The van der Waals surface area contributed by atoms with Gasteiger partial charge in [-0.3, -0.25) is 4.99 Å². The molecule has 0 aliphatic heterocycles. The molecule has 0 saturated carbocycles. The van der Waals surface area contributed by atoms with E-state index in [0.717, 1.165) is 31.6 Å². The molecule has 0 spiro atoms. The molecule has 1 aromatic rings. The molecule has 6 nitrogen and oxygen atoms in total. The van der Waals surface area contributed by atoms with E-state index in [2.05, 4.69) is 27.8 Å². The molecule has 0 heterocycles. The normalized spacial score (nSPS) is 12.8. The summed E-state index contributed by atoms with van der Waals surface area (Å²) in [6.07, 6.45) is 4.97. The third-order valence-electron chi connectivity index (χ3n) is 3.87. The zero-order chi connectivity index (χ0) is 18.7. The molecule has 0 aliphatic rings. The van der Waals surface area contributed by atoms with Crippen LogP contribution in [0.3, 0.4) is 0 Å². The summed E-state index contributed by atoms with van der Waals surface area (Å²) in [5.41, 5.74) is 1.30. The molecule has 1 unspecified atom stereocenters. The summed E-state index contributed by atoms with van der Waals surface area (Å²) in [5, 5.41) is 6.49. The Morgan fingerprint density at radius 1 is 1.23 bits per heavy atom. The number of nitrogens with one attached hydrogen (secondary N) is 2. The summed E-state index contributed by atoms with van der Waals surface area (Å²) in [5.74, 6) is 1.77. The van der Waals surface area contributed by atoms with Gasteiger partial charge in [-0.15, -0.1) is 24.0 Å². The Kier molecular flexibility index (Phi) is 12.7. The molecule has 2 N–H and O–H groups in total. The summed E-state index contributed by atoms with van der Waals surface area (Å²) < 4.78 is 27.6. The van der Waals surface area contributed by atoms with Gasteiger partial charge in [-0.1, -0.05) is 12.1 Å². The van der Waals surface area contributed by atoms with Crippen LogP contribution in [0.1, 0.15) is 31.7 Å². The van der Waals surface area contributed by atoms with Crippen LogP contribution < -0.4 is 15.4 Å². The number of nitrogens with zero attached hydrogens (tertiary/aromatic N) is 1. The third-order valence-corrected chi connectivity index (χ3v) is 4.85. The second kappa shape index (κ2) is 13.2. The molecular weight excluding hydrogens is 465 g/mol. The fourth-order valence-electron chi connectivity index (χ4n) is 2.34. The van der Waals surface area contributed by atoms with Gasteiger partial charge in [0.25, 0.3) is 0 Å². The molecule has 0 amide bonds. The Balaban J connectivity index is 0.00000625. The predicted octanol–water partition coefficient (Wildman–Crippen LogP) is 2.62. The lowest BCUT2D eigenvalue weighted by molar-refractivity contribution is 0.414. The minimum Gasteiger partial charge on any atom is -0.497 e. The first-order valence-corrected chi connectivity index (χ1v) is 10.7. The van der Waals surface area contributed by atoms with Crippen molar-refractivity contribution >= 4 is 39.8 Å². The largest absolute Gasteiger partial charge is 0.497 e. The summed E-state index contributed by atoms with van der Waals surface area (Å²) in [6.45, 7) is 2.79. The zero-order valence-corrected chi connectivity index (χ0v) is 19.3. The minimum atomic E-state index is -2.93. The molecule has 1 rings (SSSR count). The van der Waals surface area contributed by atoms with Gasteiger partial charge in [0.2, 0.25) is 0 Å².